The van der Waals surface area contributed by atoms with Gasteiger partial charge in [0, 0.05) is 40.8 Å². The monoisotopic (exact) mass is 434 g/mol. The smallest absolute Gasteiger partial charge is 0.251 e. The van der Waals surface area contributed by atoms with Gasteiger partial charge >= 0.3 is 0 Å². The van der Waals surface area contributed by atoms with Crippen LogP contribution in [-0.4, -0.2) is 27.2 Å². The highest BCUT2D eigenvalue weighted by Gasteiger charge is 2.19. The van der Waals surface area contributed by atoms with Gasteiger partial charge in [-0.1, -0.05) is 48.5 Å². The zero-order valence-electron chi connectivity index (χ0n) is 18.7. The molecule has 2 N–H and O–H groups in total. The molecule has 2 aromatic heterocycles. The molecule has 5 rings (SSSR count). The molecule has 2 heterocycles. The van der Waals surface area contributed by atoms with Crippen molar-refractivity contribution in [3.05, 3.63) is 119 Å². The van der Waals surface area contributed by atoms with Gasteiger partial charge in [0.05, 0.1) is 11.4 Å². The summed E-state index contributed by atoms with van der Waals surface area (Å²) in [6.07, 6.45) is 2.05. The van der Waals surface area contributed by atoms with Gasteiger partial charge in [-0.25, -0.2) is 4.68 Å². The maximum absolute atomic E-state index is 13.0. The van der Waals surface area contributed by atoms with Crippen LogP contribution in [0.1, 0.15) is 38.8 Å². The van der Waals surface area contributed by atoms with Crippen LogP contribution >= 0.6 is 0 Å². The first-order chi connectivity index (χ1) is 16.1. The van der Waals surface area contributed by atoms with Gasteiger partial charge in [0.2, 0.25) is 0 Å². The molecule has 0 saturated heterocycles. The van der Waals surface area contributed by atoms with Gasteiger partial charge in [0.15, 0.2) is 0 Å². The number of para-hydroxylation sites is 1. The van der Waals surface area contributed by atoms with Crippen molar-refractivity contribution in [3.8, 4) is 5.69 Å². The number of fused-ring (bicyclic) bond motifs is 1. The molecule has 5 heteroatoms. The first kappa shape index (κ1) is 20.8. The van der Waals surface area contributed by atoms with E-state index in [1.165, 1.54) is 16.5 Å². The predicted octanol–water partition coefficient (Wildman–Crippen LogP) is 5.53. The number of benzene rings is 3. The van der Waals surface area contributed by atoms with E-state index in [-0.39, 0.29) is 11.8 Å². The molecule has 0 spiro atoms. The SMILES string of the molecule is Cc1cc(C)n(-c2ccc(C(=O)NCC(c3ccccc3)c3c[nH]c4ccccc34)cc2)n1. The highest BCUT2D eigenvalue weighted by molar-refractivity contribution is 5.94. The van der Waals surface area contributed by atoms with Gasteiger partial charge in [-0.2, -0.15) is 5.10 Å². The molecule has 1 amide bonds. The van der Waals surface area contributed by atoms with Crippen LogP contribution in [0.15, 0.2) is 91.1 Å². The number of rotatable bonds is 6. The van der Waals surface area contributed by atoms with Crippen LogP contribution in [0.3, 0.4) is 0 Å². The summed E-state index contributed by atoms with van der Waals surface area (Å²) in [6.45, 7) is 4.50. The van der Waals surface area contributed by atoms with Crippen LogP contribution < -0.4 is 5.32 Å². The Morgan fingerprint density at radius 3 is 2.42 bits per heavy atom. The molecular formula is C28H26N4O. The fourth-order valence-corrected chi connectivity index (χ4v) is 4.42. The highest BCUT2D eigenvalue weighted by Crippen LogP contribution is 2.30. The molecule has 5 nitrogen and oxygen atoms in total. The van der Waals surface area contributed by atoms with Gasteiger partial charge in [0.1, 0.15) is 0 Å². The van der Waals surface area contributed by atoms with Gasteiger partial charge in [-0.15, -0.1) is 0 Å². The Bertz CT molecular complexity index is 1400. The fraction of sp³-hybridized carbons (Fsp3) is 0.143. The van der Waals surface area contributed by atoms with E-state index in [9.17, 15) is 4.79 Å². The van der Waals surface area contributed by atoms with Crippen molar-refractivity contribution >= 4 is 16.8 Å². The quantitative estimate of drug-likeness (QED) is 0.369. The zero-order valence-corrected chi connectivity index (χ0v) is 18.7. The third kappa shape index (κ3) is 4.17. The number of hydrogen-bond acceptors (Lipinski definition) is 2. The third-order valence-corrected chi connectivity index (χ3v) is 6.05. The largest absolute Gasteiger partial charge is 0.361 e. The molecule has 5 aromatic rings. The lowest BCUT2D eigenvalue weighted by Crippen LogP contribution is -2.28. The lowest BCUT2D eigenvalue weighted by atomic mass is 9.91. The molecule has 0 fully saturated rings. The van der Waals surface area contributed by atoms with Gasteiger partial charge < -0.3 is 10.3 Å². The number of aromatic amines is 1. The van der Waals surface area contributed by atoms with Gasteiger partial charge in [-0.05, 0) is 61.4 Å². The molecule has 1 atom stereocenters. The van der Waals surface area contributed by atoms with Crippen LogP contribution in [0, 0.1) is 13.8 Å². The number of H-pyrrole nitrogens is 1. The average Bonchev–Trinajstić information content (AvgIpc) is 3.42. The number of hydrogen-bond donors (Lipinski definition) is 2. The number of carbonyl (C=O) groups is 1. The summed E-state index contributed by atoms with van der Waals surface area (Å²) in [5.74, 6) is -0.0454. The molecule has 3 aromatic carbocycles. The van der Waals surface area contributed by atoms with Crippen LogP contribution in [0.2, 0.25) is 0 Å². The van der Waals surface area contributed by atoms with E-state index < -0.39 is 0 Å². The van der Waals surface area contributed by atoms with Crippen molar-refractivity contribution in [1.82, 2.24) is 20.1 Å². The van der Waals surface area contributed by atoms with Crippen molar-refractivity contribution in [1.29, 1.82) is 0 Å². The summed E-state index contributed by atoms with van der Waals surface area (Å²) in [4.78, 5) is 16.4. The average molecular weight is 435 g/mol. The van der Waals surface area contributed by atoms with Gasteiger partial charge in [-0.3, -0.25) is 4.79 Å². The Morgan fingerprint density at radius 2 is 1.70 bits per heavy atom. The summed E-state index contributed by atoms with van der Waals surface area (Å²) >= 11 is 0. The number of aryl methyl sites for hydroxylation is 2. The second-order valence-corrected chi connectivity index (χ2v) is 8.35. The summed E-state index contributed by atoms with van der Waals surface area (Å²) < 4.78 is 1.89. The van der Waals surface area contributed by atoms with Crippen molar-refractivity contribution in [2.45, 2.75) is 19.8 Å². The normalized spacial score (nSPS) is 12.1. The number of amides is 1. The second-order valence-electron chi connectivity index (χ2n) is 8.35. The lowest BCUT2D eigenvalue weighted by Gasteiger charge is -2.18. The number of aromatic nitrogens is 3. The minimum absolute atomic E-state index is 0.0419. The van der Waals surface area contributed by atoms with Crippen molar-refractivity contribution in [2.75, 3.05) is 6.54 Å². The molecule has 0 saturated carbocycles. The first-order valence-corrected chi connectivity index (χ1v) is 11.1. The summed E-state index contributed by atoms with van der Waals surface area (Å²) in [6, 6.07) is 28.2. The van der Waals surface area contributed by atoms with Crippen molar-refractivity contribution in [3.63, 3.8) is 0 Å². The standard InChI is InChI=1S/C28H26N4O/c1-19-16-20(2)32(31-19)23-14-12-22(13-15-23)28(33)30-17-25(21-8-4-3-5-9-21)26-18-29-27-11-7-6-10-24(26)27/h3-16,18,25,29H,17H2,1-2H3,(H,30,33). The van der Waals surface area contributed by atoms with E-state index in [0.717, 1.165) is 22.6 Å². The Hall–Kier alpha value is -4.12. The van der Waals surface area contributed by atoms with E-state index in [4.69, 9.17) is 0 Å². The van der Waals surface area contributed by atoms with Crippen LogP contribution in [-0.2, 0) is 0 Å². The summed E-state index contributed by atoms with van der Waals surface area (Å²) in [5.41, 5.74) is 7.05. The van der Waals surface area contributed by atoms with E-state index in [0.29, 0.717) is 12.1 Å². The predicted molar refractivity (Wildman–Crippen MR) is 132 cm³/mol. The molecule has 0 aliphatic rings. The molecule has 0 radical (unpaired) electrons. The fourth-order valence-electron chi connectivity index (χ4n) is 4.42. The number of nitrogens with zero attached hydrogens (tertiary/aromatic N) is 2. The van der Waals surface area contributed by atoms with Crippen molar-refractivity contribution in [2.24, 2.45) is 0 Å². The molecule has 0 aliphatic carbocycles. The summed E-state index contributed by atoms with van der Waals surface area (Å²) in [5, 5.41) is 8.84. The lowest BCUT2D eigenvalue weighted by molar-refractivity contribution is 0.0952. The number of nitrogens with one attached hydrogen (secondary N) is 2. The maximum atomic E-state index is 13.0. The molecule has 164 valence electrons. The van der Waals surface area contributed by atoms with E-state index in [1.807, 2.05) is 79.2 Å². The second kappa shape index (κ2) is 8.79. The molecule has 1 unspecified atom stereocenters. The Kier molecular flexibility index (Phi) is 5.53. The Morgan fingerprint density at radius 1 is 0.970 bits per heavy atom. The van der Waals surface area contributed by atoms with Crippen molar-refractivity contribution < 1.29 is 4.79 Å². The Labute approximate surface area is 193 Å². The van der Waals surface area contributed by atoms with Crippen LogP contribution in [0.25, 0.3) is 16.6 Å². The zero-order chi connectivity index (χ0) is 22.8. The number of carbonyl (C=O) groups excluding carboxylic acids is 1. The summed E-state index contributed by atoms with van der Waals surface area (Å²) in [7, 11) is 0. The Balaban J connectivity index is 1.37. The topological polar surface area (TPSA) is 62.7 Å². The highest BCUT2D eigenvalue weighted by atomic mass is 16.1. The minimum atomic E-state index is -0.0873. The van der Waals surface area contributed by atoms with Gasteiger partial charge in [0.25, 0.3) is 5.91 Å². The first-order valence-electron chi connectivity index (χ1n) is 11.1. The van der Waals surface area contributed by atoms with E-state index >= 15 is 0 Å². The minimum Gasteiger partial charge on any atom is -0.361 e. The van der Waals surface area contributed by atoms with Crippen LogP contribution in [0.5, 0.6) is 0 Å². The van der Waals surface area contributed by atoms with Crippen LogP contribution in [0.4, 0.5) is 0 Å². The maximum Gasteiger partial charge on any atom is 0.251 e. The molecule has 0 aliphatic heterocycles. The van der Waals surface area contributed by atoms with E-state index in [1.54, 1.807) is 0 Å². The molecule has 0 bridgehead atoms. The third-order valence-electron chi connectivity index (χ3n) is 6.05. The molecular weight excluding hydrogens is 408 g/mol. The van der Waals surface area contributed by atoms with E-state index in [2.05, 4.69) is 45.9 Å². The molecule has 33 heavy (non-hydrogen) atoms.